The molecule has 0 aromatic heterocycles. The normalized spacial score (nSPS) is 13.4. The van der Waals surface area contributed by atoms with Gasteiger partial charge >= 0.3 is 0 Å². The fourth-order valence-electron chi connectivity index (χ4n) is 1.08. The third kappa shape index (κ3) is 2.97. The largest absolute Gasteiger partial charge is 0.291 e. The van der Waals surface area contributed by atoms with Gasteiger partial charge < -0.3 is 0 Å². The van der Waals surface area contributed by atoms with E-state index < -0.39 is 20.3 Å². The van der Waals surface area contributed by atoms with Gasteiger partial charge in [0, 0.05) is 16.3 Å². The van der Waals surface area contributed by atoms with Crippen LogP contribution >= 0.6 is 23.2 Å². The SMILES string of the molecule is CCS(=O)(=O)C(Cl)C(=O)c1cccc(Cl)c1. The van der Waals surface area contributed by atoms with Crippen molar-refractivity contribution in [2.75, 3.05) is 5.75 Å². The molecular formula is C10H10Cl2O3S. The third-order valence-corrected chi connectivity index (χ3v) is 4.93. The van der Waals surface area contributed by atoms with Gasteiger partial charge in [-0.2, -0.15) is 0 Å². The minimum absolute atomic E-state index is 0.173. The van der Waals surface area contributed by atoms with E-state index in [0.717, 1.165) is 0 Å². The molecule has 88 valence electrons. The molecule has 0 radical (unpaired) electrons. The van der Waals surface area contributed by atoms with Crippen LogP contribution in [-0.4, -0.2) is 24.7 Å². The lowest BCUT2D eigenvalue weighted by Gasteiger charge is -2.08. The van der Waals surface area contributed by atoms with Gasteiger partial charge in [0.1, 0.15) is 0 Å². The van der Waals surface area contributed by atoms with Crippen molar-refractivity contribution < 1.29 is 13.2 Å². The molecule has 0 fully saturated rings. The van der Waals surface area contributed by atoms with Gasteiger partial charge in [0.25, 0.3) is 0 Å². The zero-order chi connectivity index (χ0) is 12.3. The zero-order valence-corrected chi connectivity index (χ0v) is 10.8. The van der Waals surface area contributed by atoms with Crippen LogP contribution in [0, 0.1) is 0 Å². The van der Waals surface area contributed by atoms with Crippen LogP contribution in [0.15, 0.2) is 24.3 Å². The fourth-order valence-corrected chi connectivity index (χ4v) is 2.53. The van der Waals surface area contributed by atoms with Crippen molar-refractivity contribution in [3.63, 3.8) is 0 Å². The molecule has 16 heavy (non-hydrogen) atoms. The number of ketones is 1. The first kappa shape index (κ1) is 13.5. The molecule has 0 spiro atoms. The van der Waals surface area contributed by atoms with Crippen molar-refractivity contribution in [2.24, 2.45) is 0 Å². The Morgan fingerprint density at radius 1 is 1.44 bits per heavy atom. The lowest BCUT2D eigenvalue weighted by molar-refractivity contribution is 0.101. The molecule has 0 aliphatic rings. The number of sulfone groups is 1. The van der Waals surface area contributed by atoms with Crippen LogP contribution in [0.2, 0.25) is 5.02 Å². The summed E-state index contributed by atoms with van der Waals surface area (Å²) in [5.41, 5.74) is 0.199. The standard InChI is InChI=1S/C10H10Cl2O3S/c1-2-16(14,15)10(12)9(13)7-4-3-5-8(11)6-7/h3-6,10H,2H2,1H3. The van der Waals surface area contributed by atoms with Crippen LogP contribution in [0.5, 0.6) is 0 Å². The second kappa shape index (κ2) is 5.17. The average molecular weight is 281 g/mol. The first-order valence-electron chi connectivity index (χ1n) is 4.54. The maximum absolute atomic E-state index is 11.7. The Labute approximate surface area is 104 Å². The Morgan fingerprint density at radius 2 is 2.06 bits per heavy atom. The van der Waals surface area contributed by atoms with Gasteiger partial charge in [-0.25, -0.2) is 8.42 Å². The summed E-state index contributed by atoms with van der Waals surface area (Å²) in [6, 6.07) is 6.03. The number of rotatable bonds is 4. The highest BCUT2D eigenvalue weighted by atomic mass is 35.5. The highest BCUT2D eigenvalue weighted by molar-refractivity contribution is 7.94. The van der Waals surface area contributed by atoms with Gasteiger partial charge in [-0.1, -0.05) is 42.3 Å². The van der Waals surface area contributed by atoms with Gasteiger partial charge in [-0.15, -0.1) is 0 Å². The van der Waals surface area contributed by atoms with Gasteiger partial charge in [0.15, 0.2) is 20.3 Å². The monoisotopic (exact) mass is 280 g/mol. The predicted octanol–water partition coefficient (Wildman–Crippen LogP) is 2.52. The van der Waals surface area contributed by atoms with E-state index in [1.165, 1.54) is 19.1 Å². The molecule has 1 aromatic rings. The molecule has 0 saturated heterocycles. The molecule has 3 nitrogen and oxygen atoms in total. The van der Waals surface area contributed by atoms with E-state index in [2.05, 4.69) is 0 Å². The molecule has 0 aliphatic carbocycles. The Morgan fingerprint density at radius 3 is 2.56 bits per heavy atom. The summed E-state index contributed by atoms with van der Waals surface area (Å²) in [4.78, 5) is 11.7. The van der Waals surface area contributed by atoms with Crippen molar-refractivity contribution in [2.45, 2.75) is 11.6 Å². The van der Waals surface area contributed by atoms with Crippen LogP contribution in [0.1, 0.15) is 17.3 Å². The van der Waals surface area contributed by atoms with E-state index in [4.69, 9.17) is 23.2 Å². The molecule has 1 unspecified atom stereocenters. The smallest absolute Gasteiger partial charge is 0.197 e. The number of carbonyl (C=O) groups is 1. The molecule has 0 N–H and O–H groups in total. The van der Waals surface area contributed by atoms with Crippen LogP contribution in [0.4, 0.5) is 0 Å². The van der Waals surface area contributed by atoms with Gasteiger partial charge in [-0.05, 0) is 12.1 Å². The molecule has 0 bridgehead atoms. The summed E-state index contributed by atoms with van der Waals surface area (Å²) in [6.07, 6.45) is 0. The topological polar surface area (TPSA) is 51.2 Å². The summed E-state index contributed by atoms with van der Waals surface area (Å²) in [5, 5.41) is 0.364. The maximum Gasteiger partial charge on any atom is 0.197 e. The Balaban J connectivity index is 3.04. The van der Waals surface area contributed by atoms with E-state index >= 15 is 0 Å². The van der Waals surface area contributed by atoms with Crippen molar-refractivity contribution in [1.82, 2.24) is 0 Å². The zero-order valence-electron chi connectivity index (χ0n) is 8.48. The second-order valence-corrected chi connectivity index (χ2v) is 6.65. The van der Waals surface area contributed by atoms with Crippen molar-refractivity contribution in [1.29, 1.82) is 0 Å². The maximum atomic E-state index is 11.7. The Kier molecular flexibility index (Phi) is 4.35. The fraction of sp³-hybridized carbons (Fsp3) is 0.300. The van der Waals surface area contributed by atoms with E-state index in [9.17, 15) is 13.2 Å². The molecule has 0 amide bonds. The highest BCUT2D eigenvalue weighted by Crippen LogP contribution is 2.18. The molecule has 0 heterocycles. The summed E-state index contributed by atoms with van der Waals surface area (Å²) < 4.78 is 21.3. The molecular weight excluding hydrogens is 271 g/mol. The Hall–Kier alpha value is -0.580. The minimum atomic E-state index is -3.59. The molecule has 6 heteroatoms. The lowest BCUT2D eigenvalue weighted by atomic mass is 10.1. The van der Waals surface area contributed by atoms with E-state index in [1.807, 2.05) is 0 Å². The number of hydrogen-bond donors (Lipinski definition) is 0. The van der Waals surface area contributed by atoms with Crippen LogP contribution in [0.3, 0.4) is 0 Å². The number of Topliss-reactive ketones (excluding diaryl/α,β-unsaturated/α-hetero) is 1. The number of hydrogen-bond acceptors (Lipinski definition) is 3. The van der Waals surface area contributed by atoms with Gasteiger partial charge in [-0.3, -0.25) is 4.79 Å². The highest BCUT2D eigenvalue weighted by Gasteiger charge is 2.29. The summed E-state index contributed by atoms with van der Waals surface area (Å²) >= 11 is 11.3. The molecule has 1 atom stereocenters. The number of benzene rings is 1. The molecule has 0 aliphatic heterocycles. The van der Waals surface area contributed by atoms with Crippen LogP contribution in [-0.2, 0) is 9.84 Å². The minimum Gasteiger partial charge on any atom is -0.291 e. The van der Waals surface area contributed by atoms with E-state index in [-0.39, 0.29) is 11.3 Å². The van der Waals surface area contributed by atoms with Crippen molar-refractivity contribution in [3.05, 3.63) is 34.9 Å². The van der Waals surface area contributed by atoms with Crippen LogP contribution < -0.4 is 0 Å². The number of carbonyl (C=O) groups excluding carboxylic acids is 1. The van der Waals surface area contributed by atoms with Crippen molar-refractivity contribution >= 4 is 38.8 Å². The Bertz CT molecular complexity index is 497. The predicted molar refractivity (Wildman–Crippen MR) is 64.9 cm³/mol. The second-order valence-electron chi connectivity index (χ2n) is 3.14. The quantitative estimate of drug-likeness (QED) is 0.629. The van der Waals surface area contributed by atoms with E-state index in [1.54, 1.807) is 12.1 Å². The third-order valence-electron chi connectivity index (χ3n) is 2.03. The van der Waals surface area contributed by atoms with Crippen LogP contribution in [0.25, 0.3) is 0 Å². The number of alkyl halides is 1. The first-order valence-corrected chi connectivity index (χ1v) is 7.07. The molecule has 1 aromatic carbocycles. The lowest BCUT2D eigenvalue weighted by Crippen LogP contribution is -2.26. The van der Waals surface area contributed by atoms with Crippen molar-refractivity contribution in [3.8, 4) is 0 Å². The molecule has 0 saturated carbocycles. The van der Waals surface area contributed by atoms with Gasteiger partial charge in [0.05, 0.1) is 0 Å². The summed E-state index contributed by atoms with van der Waals surface area (Å²) in [6.45, 7) is 1.44. The number of halogens is 2. The summed E-state index contributed by atoms with van der Waals surface area (Å²) in [5.74, 6) is -0.820. The van der Waals surface area contributed by atoms with E-state index in [0.29, 0.717) is 5.02 Å². The molecule has 1 rings (SSSR count). The van der Waals surface area contributed by atoms with Gasteiger partial charge in [0.2, 0.25) is 0 Å². The summed E-state index contributed by atoms with van der Waals surface area (Å²) in [7, 11) is -3.59. The average Bonchev–Trinajstić information content (AvgIpc) is 2.27. The first-order chi connectivity index (χ1) is 7.38.